The van der Waals surface area contributed by atoms with Gasteiger partial charge in [0.25, 0.3) is 5.91 Å². The number of phenolic OH excluding ortho intramolecular Hbond substituents is 1. The second-order valence-electron chi connectivity index (χ2n) is 6.55. The molecule has 3 rings (SSSR count). The molecule has 0 aromatic heterocycles. The van der Waals surface area contributed by atoms with Crippen molar-refractivity contribution in [2.75, 3.05) is 11.9 Å². The number of hydrogen-bond acceptors (Lipinski definition) is 5. The molecule has 1 aliphatic rings. The Kier molecular flexibility index (Phi) is 6.95. The Hall–Kier alpha value is -2.35. The third-order valence-corrected chi connectivity index (χ3v) is 5.88. The van der Waals surface area contributed by atoms with Crippen LogP contribution in [0.3, 0.4) is 0 Å². The van der Waals surface area contributed by atoms with Crippen LogP contribution in [0.15, 0.2) is 47.4 Å². The van der Waals surface area contributed by atoms with Crippen molar-refractivity contribution in [3.8, 4) is 5.75 Å². The summed E-state index contributed by atoms with van der Waals surface area (Å²) in [6, 6.07) is 12.2. The number of carbonyl (C=O) groups is 2. The Morgan fingerprint density at radius 3 is 2.72 bits per heavy atom. The number of thiocarbonyl (C=S) groups is 1. The maximum Gasteiger partial charge on any atom is 0.266 e. The van der Waals surface area contributed by atoms with Crippen LogP contribution < -0.4 is 5.32 Å². The Balaban J connectivity index is 1.56. The van der Waals surface area contributed by atoms with Gasteiger partial charge in [-0.2, -0.15) is 0 Å². The van der Waals surface area contributed by atoms with E-state index in [1.807, 2.05) is 31.2 Å². The van der Waals surface area contributed by atoms with E-state index in [0.29, 0.717) is 32.8 Å². The fraction of sp³-hybridized carbons (Fsp3) is 0.190. The van der Waals surface area contributed by atoms with E-state index in [-0.39, 0.29) is 24.0 Å². The first-order chi connectivity index (χ1) is 13.8. The lowest BCUT2D eigenvalue weighted by Crippen LogP contribution is -2.29. The molecule has 0 bridgehead atoms. The largest absolute Gasteiger partial charge is 0.507 e. The van der Waals surface area contributed by atoms with E-state index < -0.39 is 0 Å². The van der Waals surface area contributed by atoms with Crippen LogP contribution in [-0.4, -0.2) is 32.7 Å². The monoisotopic (exact) mass is 446 g/mol. The van der Waals surface area contributed by atoms with Crippen molar-refractivity contribution in [1.29, 1.82) is 0 Å². The number of hydrogen-bond donors (Lipinski definition) is 2. The fourth-order valence-corrected chi connectivity index (χ4v) is 4.21. The molecule has 0 atom stereocenters. The zero-order chi connectivity index (χ0) is 21.0. The highest BCUT2D eigenvalue weighted by atomic mass is 35.5. The summed E-state index contributed by atoms with van der Waals surface area (Å²) >= 11 is 12.4. The summed E-state index contributed by atoms with van der Waals surface area (Å²) in [5, 5.41) is 13.2. The Bertz CT molecular complexity index is 990. The minimum absolute atomic E-state index is 0.0347. The number of aromatic hydroxyl groups is 1. The molecule has 0 aliphatic carbocycles. The quantitative estimate of drug-likeness (QED) is 0.484. The summed E-state index contributed by atoms with van der Waals surface area (Å²) < 4.78 is 0.432. The van der Waals surface area contributed by atoms with Crippen molar-refractivity contribution in [3.05, 3.63) is 63.5 Å². The zero-order valence-electron chi connectivity index (χ0n) is 15.6. The topological polar surface area (TPSA) is 69.6 Å². The van der Waals surface area contributed by atoms with Gasteiger partial charge in [0.1, 0.15) is 10.1 Å². The fourth-order valence-electron chi connectivity index (χ4n) is 2.73. The van der Waals surface area contributed by atoms with Crippen molar-refractivity contribution in [3.63, 3.8) is 0 Å². The number of nitrogens with one attached hydrogen (secondary N) is 1. The van der Waals surface area contributed by atoms with Crippen molar-refractivity contribution in [1.82, 2.24) is 4.90 Å². The third-order valence-electron chi connectivity index (χ3n) is 4.27. The van der Waals surface area contributed by atoms with E-state index in [1.165, 1.54) is 22.7 Å². The highest BCUT2D eigenvalue weighted by molar-refractivity contribution is 8.26. The number of nitrogens with zero attached hydrogens (tertiary/aromatic N) is 1. The molecule has 1 aliphatic heterocycles. The molecule has 0 radical (unpaired) electrons. The van der Waals surface area contributed by atoms with E-state index in [4.69, 9.17) is 23.8 Å². The number of phenols is 1. The lowest BCUT2D eigenvalue weighted by molar-refractivity contribution is -0.122. The summed E-state index contributed by atoms with van der Waals surface area (Å²) in [5.41, 5.74) is 2.32. The Labute approximate surface area is 183 Å². The zero-order valence-corrected chi connectivity index (χ0v) is 18.0. The van der Waals surface area contributed by atoms with E-state index in [9.17, 15) is 14.7 Å². The van der Waals surface area contributed by atoms with Gasteiger partial charge in [0, 0.05) is 29.2 Å². The number of rotatable bonds is 6. The van der Waals surface area contributed by atoms with Gasteiger partial charge >= 0.3 is 0 Å². The number of halogens is 1. The number of anilines is 1. The number of carbonyl (C=O) groups excluding carboxylic acids is 2. The van der Waals surface area contributed by atoms with Crippen LogP contribution in [-0.2, 0) is 9.59 Å². The molecule has 2 aromatic rings. The van der Waals surface area contributed by atoms with Gasteiger partial charge in [0.05, 0.1) is 4.91 Å². The van der Waals surface area contributed by atoms with E-state index in [1.54, 1.807) is 18.2 Å². The maximum absolute atomic E-state index is 12.6. The van der Waals surface area contributed by atoms with E-state index in [2.05, 4.69) is 5.32 Å². The van der Waals surface area contributed by atoms with Crippen LogP contribution in [0.2, 0.25) is 5.02 Å². The number of aryl methyl sites for hydroxylation is 1. The van der Waals surface area contributed by atoms with E-state index in [0.717, 1.165) is 11.3 Å². The average Bonchev–Trinajstić information content (AvgIpc) is 2.94. The van der Waals surface area contributed by atoms with Gasteiger partial charge in [0.15, 0.2) is 0 Å². The summed E-state index contributed by atoms with van der Waals surface area (Å²) in [6.07, 6.45) is 2.34. The Morgan fingerprint density at radius 1 is 1.28 bits per heavy atom. The summed E-state index contributed by atoms with van der Waals surface area (Å²) in [4.78, 5) is 26.6. The molecule has 29 heavy (non-hydrogen) atoms. The molecule has 1 fully saturated rings. The second kappa shape index (κ2) is 9.43. The minimum atomic E-state index is -0.238. The molecular formula is C21H19ClN2O3S2. The molecule has 5 nitrogen and oxygen atoms in total. The number of amides is 2. The molecule has 0 saturated carbocycles. The van der Waals surface area contributed by atoms with Gasteiger partial charge in [-0.05, 0) is 49.8 Å². The predicted octanol–water partition coefficient (Wildman–Crippen LogP) is 4.97. The van der Waals surface area contributed by atoms with Crippen LogP contribution in [0.4, 0.5) is 5.69 Å². The highest BCUT2D eigenvalue weighted by Crippen LogP contribution is 2.34. The molecular weight excluding hydrogens is 428 g/mol. The van der Waals surface area contributed by atoms with Gasteiger partial charge in [-0.15, -0.1) is 0 Å². The lowest BCUT2D eigenvalue weighted by Gasteiger charge is -2.14. The molecule has 2 N–H and O–H groups in total. The molecule has 2 amide bonds. The van der Waals surface area contributed by atoms with Crippen molar-refractivity contribution >= 4 is 63.5 Å². The first-order valence-electron chi connectivity index (χ1n) is 8.94. The number of thioether (sulfide) groups is 1. The van der Waals surface area contributed by atoms with Gasteiger partial charge in [-0.1, -0.05) is 53.3 Å². The van der Waals surface area contributed by atoms with Gasteiger partial charge in [-0.3, -0.25) is 14.5 Å². The first-order valence-corrected chi connectivity index (χ1v) is 10.5. The molecule has 0 unspecified atom stereocenters. The first kappa shape index (κ1) is 21.4. The SMILES string of the molecule is Cc1ccc(NC(=O)CCCN2C(=O)/C(=C/c3cc(Cl)ccc3O)SC2=S)cc1. The van der Waals surface area contributed by atoms with Crippen molar-refractivity contribution in [2.45, 2.75) is 19.8 Å². The average molecular weight is 447 g/mol. The number of benzene rings is 2. The molecule has 2 aromatic carbocycles. The van der Waals surface area contributed by atoms with Crippen LogP contribution >= 0.6 is 35.6 Å². The lowest BCUT2D eigenvalue weighted by atomic mass is 10.2. The molecule has 8 heteroatoms. The highest BCUT2D eigenvalue weighted by Gasteiger charge is 2.31. The van der Waals surface area contributed by atoms with Crippen LogP contribution in [0, 0.1) is 6.92 Å². The van der Waals surface area contributed by atoms with Gasteiger partial charge < -0.3 is 10.4 Å². The summed E-state index contributed by atoms with van der Waals surface area (Å²) in [6.45, 7) is 2.33. The van der Waals surface area contributed by atoms with Crippen LogP contribution in [0.25, 0.3) is 6.08 Å². The maximum atomic E-state index is 12.6. The predicted molar refractivity (Wildman–Crippen MR) is 122 cm³/mol. The molecule has 150 valence electrons. The van der Waals surface area contributed by atoms with Gasteiger partial charge in [-0.25, -0.2) is 0 Å². The summed E-state index contributed by atoms with van der Waals surface area (Å²) in [5.74, 6) is -0.315. The standard InChI is InChI=1S/C21H19ClN2O3S2/c1-13-4-7-16(8-5-13)23-19(26)3-2-10-24-20(27)18(29-21(24)28)12-14-11-15(22)6-9-17(14)25/h4-9,11-12,25H,2-3,10H2,1H3,(H,23,26)/b18-12-. The molecule has 1 saturated heterocycles. The smallest absolute Gasteiger partial charge is 0.266 e. The normalized spacial score (nSPS) is 15.2. The van der Waals surface area contributed by atoms with Crippen LogP contribution in [0.5, 0.6) is 5.75 Å². The van der Waals surface area contributed by atoms with E-state index >= 15 is 0 Å². The molecule has 0 spiro atoms. The van der Waals surface area contributed by atoms with Crippen LogP contribution in [0.1, 0.15) is 24.0 Å². The van der Waals surface area contributed by atoms with Crippen molar-refractivity contribution < 1.29 is 14.7 Å². The molecule has 1 heterocycles. The minimum Gasteiger partial charge on any atom is -0.507 e. The summed E-state index contributed by atoms with van der Waals surface area (Å²) in [7, 11) is 0. The Morgan fingerprint density at radius 2 is 2.00 bits per heavy atom. The third kappa shape index (κ3) is 5.59. The second-order valence-corrected chi connectivity index (χ2v) is 8.67. The van der Waals surface area contributed by atoms with Gasteiger partial charge in [0.2, 0.25) is 5.91 Å². The van der Waals surface area contributed by atoms with Crippen molar-refractivity contribution in [2.24, 2.45) is 0 Å².